The predicted molar refractivity (Wildman–Crippen MR) is 81.3 cm³/mol. The van der Waals surface area contributed by atoms with Crippen LogP contribution in [0.5, 0.6) is 0 Å². The van der Waals surface area contributed by atoms with E-state index < -0.39 is 0 Å². The fourth-order valence-electron chi connectivity index (χ4n) is 2.57. The third-order valence-electron chi connectivity index (χ3n) is 3.70. The second kappa shape index (κ2) is 6.48. The molecule has 0 spiro atoms. The van der Waals surface area contributed by atoms with Crippen LogP contribution in [0.25, 0.3) is 0 Å². The largest absolute Gasteiger partial charge is 0.263 e. The second-order valence-electron chi connectivity index (χ2n) is 5.13. The van der Waals surface area contributed by atoms with Crippen molar-refractivity contribution < 1.29 is 0 Å². The van der Waals surface area contributed by atoms with Crippen LogP contribution in [-0.4, -0.2) is 16.9 Å². The Morgan fingerprint density at radius 3 is 2.72 bits per heavy atom. The number of hydrogen-bond acceptors (Lipinski definition) is 2. The number of nitrogens with one attached hydrogen (secondary N) is 1. The van der Waals surface area contributed by atoms with Crippen molar-refractivity contribution in [3.05, 3.63) is 23.5 Å². The topological polar surface area (TPSA) is 24.9 Å². The summed E-state index contributed by atoms with van der Waals surface area (Å²) >= 11 is 0. The average molecular weight is 264 g/mol. The summed E-state index contributed by atoms with van der Waals surface area (Å²) in [6.07, 6.45) is 9.73. The van der Waals surface area contributed by atoms with Gasteiger partial charge in [0.05, 0.1) is 0 Å². The van der Waals surface area contributed by atoms with Crippen molar-refractivity contribution >= 4 is 16.5 Å². The summed E-state index contributed by atoms with van der Waals surface area (Å²) in [6, 6.07) is 2.91. The SMILES string of the molecule is C=S(NC1CCCCC1)c1cnc(CC)c(C)c1. The van der Waals surface area contributed by atoms with Crippen LogP contribution >= 0.6 is 10.7 Å². The van der Waals surface area contributed by atoms with Crippen molar-refractivity contribution in [3.8, 4) is 0 Å². The maximum absolute atomic E-state index is 4.54. The predicted octanol–water partition coefficient (Wildman–Crippen LogP) is 3.85. The molecule has 0 aliphatic heterocycles. The molecule has 0 bridgehead atoms. The fourth-order valence-corrected chi connectivity index (χ4v) is 3.84. The number of aryl methyl sites for hydroxylation is 2. The standard InChI is InChI=1S/C15H24N2S/c1-4-15-12(2)10-14(11-16-15)18(3)17-13-8-6-5-7-9-13/h10-11,13,17H,3-9H2,1-2H3. The van der Waals surface area contributed by atoms with Crippen LogP contribution in [-0.2, 0) is 6.42 Å². The van der Waals surface area contributed by atoms with Crippen LogP contribution in [0.15, 0.2) is 17.2 Å². The molecule has 1 N–H and O–H groups in total. The number of nitrogens with zero attached hydrogens (tertiary/aromatic N) is 1. The molecule has 18 heavy (non-hydrogen) atoms. The van der Waals surface area contributed by atoms with Gasteiger partial charge in [-0.05, 0) is 37.8 Å². The van der Waals surface area contributed by atoms with E-state index in [0.717, 1.165) is 6.42 Å². The van der Waals surface area contributed by atoms with Gasteiger partial charge in [0.15, 0.2) is 0 Å². The highest BCUT2D eigenvalue weighted by Gasteiger charge is 2.14. The first kappa shape index (κ1) is 13.8. The Morgan fingerprint density at radius 1 is 1.39 bits per heavy atom. The first-order valence-corrected chi connectivity index (χ1v) is 8.35. The third-order valence-corrected chi connectivity index (χ3v) is 5.11. The summed E-state index contributed by atoms with van der Waals surface area (Å²) in [6.45, 7) is 4.30. The molecule has 1 saturated carbocycles. The summed E-state index contributed by atoms with van der Waals surface area (Å²) in [7, 11) is -0.114. The molecule has 1 unspecified atom stereocenters. The Hall–Kier alpha value is -0.670. The van der Waals surface area contributed by atoms with E-state index in [4.69, 9.17) is 0 Å². The monoisotopic (exact) mass is 264 g/mol. The van der Waals surface area contributed by atoms with E-state index in [1.54, 1.807) is 0 Å². The average Bonchev–Trinajstić information content (AvgIpc) is 2.39. The normalized spacial score (nSPS) is 18.8. The minimum atomic E-state index is -0.114. The zero-order valence-corrected chi connectivity index (χ0v) is 12.4. The van der Waals surface area contributed by atoms with Crippen molar-refractivity contribution in [2.24, 2.45) is 0 Å². The molecule has 1 aromatic heterocycles. The number of aromatic nitrogens is 1. The molecule has 1 aromatic rings. The molecule has 0 amide bonds. The highest BCUT2D eigenvalue weighted by Crippen LogP contribution is 2.26. The molecule has 1 atom stereocenters. The van der Waals surface area contributed by atoms with Crippen LogP contribution in [0.1, 0.15) is 50.3 Å². The van der Waals surface area contributed by atoms with Gasteiger partial charge in [-0.15, -0.1) is 0 Å². The van der Waals surface area contributed by atoms with Crippen LogP contribution < -0.4 is 4.72 Å². The van der Waals surface area contributed by atoms with E-state index in [1.807, 2.05) is 6.20 Å². The van der Waals surface area contributed by atoms with Gasteiger partial charge in [0.2, 0.25) is 0 Å². The molecule has 1 heterocycles. The van der Waals surface area contributed by atoms with Gasteiger partial charge in [-0.25, -0.2) is 0 Å². The highest BCUT2D eigenvalue weighted by atomic mass is 32.2. The van der Waals surface area contributed by atoms with Crippen LogP contribution in [0.2, 0.25) is 0 Å². The molecule has 2 rings (SSSR count). The van der Waals surface area contributed by atoms with Gasteiger partial charge in [0, 0.05) is 22.8 Å². The quantitative estimate of drug-likeness (QED) is 0.836. The maximum Gasteiger partial charge on any atom is 0.0430 e. The zero-order chi connectivity index (χ0) is 13.0. The summed E-state index contributed by atoms with van der Waals surface area (Å²) in [4.78, 5) is 5.78. The maximum atomic E-state index is 4.54. The summed E-state index contributed by atoms with van der Waals surface area (Å²) in [5.74, 6) is 4.28. The first-order valence-electron chi connectivity index (χ1n) is 6.96. The lowest BCUT2D eigenvalue weighted by atomic mass is 9.96. The molecule has 1 aliphatic rings. The molecule has 100 valence electrons. The van der Waals surface area contributed by atoms with Gasteiger partial charge in [0.25, 0.3) is 0 Å². The smallest absolute Gasteiger partial charge is 0.0430 e. The van der Waals surface area contributed by atoms with Crippen molar-refractivity contribution in [3.63, 3.8) is 0 Å². The molecular formula is C15H24N2S. The van der Waals surface area contributed by atoms with Crippen molar-refractivity contribution in [1.29, 1.82) is 0 Å². The molecule has 0 saturated heterocycles. The highest BCUT2D eigenvalue weighted by molar-refractivity contribution is 8.12. The van der Waals surface area contributed by atoms with Crippen molar-refractivity contribution in [2.75, 3.05) is 0 Å². The van der Waals surface area contributed by atoms with Gasteiger partial charge in [-0.2, -0.15) is 0 Å². The molecule has 0 radical (unpaired) electrons. The fraction of sp³-hybridized carbons (Fsp3) is 0.600. The van der Waals surface area contributed by atoms with Gasteiger partial charge < -0.3 is 0 Å². The number of rotatable bonds is 4. The third kappa shape index (κ3) is 3.42. The Bertz CT molecular complexity index is 423. The lowest BCUT2D eigenvalue weighted by molar-refractivity contribution is 0.423. The summed E-state index contributed by atoms with van der Waals surface area (Å²) in [5, 5.41) is 0. The van der Waals surface area contributed by atoms with Crippen molar-refractivity contribution in [2.45, 2.75) is 63.3 Å². The molecule has 3 heteroatoms. The van der Waals surface area contributed by atoms with E-state index >= 15 is 0 Å². The van der Waals surface area contributed by atoms with Crippen molar-refractivity contribution in [1.82, 2.24) is 9.71 Å². The number of pyridine rings is 1. The van der Waals surface area contributed by atoms with E-state index in [2.05, 4.69) is 35.5 Å². The minimum Gasteiger partial charge on any atom is -0.263 e. The molecule has 1 fully saturated rings. The van der Waals surface area contributed by atoms with E-state index in [9.17, 15) is 0 Å². The zero-order valence-electron chi connectivity index (χ0n) is 11.5. The minimum absolute atomic E-state index is 0.114. The van der Waals surface area contributed by atoms with Gasteiger partial charge >= 0.3 is 0 Å². The lowest BCUT2D eigenvalue weighted by Crippen LogP contribution is -2.26. The molecular weight excluding hydrogens is 240 g/mol. The van der Waals surface area contributed by atoms with Gasteiger partial charge in [0.1, 0.15) is 0 Å². The lowest BCUT2D eigenvalue weighted by Gasteiger charge is -2.24. The van der Waals surface area contributed by atoms with E-state index in [0.29, 0.717) is 6.04 Å². The van der Waals surface area contributed by atoms with E-state index in [1.165, 1.54) is 48.3 Å². The van der Waals surface area contributed by atoms with Crippen LogP contribution in [0.4, 0.5) is 0 Å². The number of hydrogen-bond donors (Lipinski definition) is 1. The molecule has 2 nitrogen and oxygen atoms in total. The van der Waals surface area contributed by atoms with Gasteiger partial charge in [-0.1, -0.05) is 42.7 Å². The van der Waals surface area contributed by atoms with Crippen LogP contribution in [0.3, 0.4) is 0 Å². The van der Waals surface area contributed by atoms with Gasteiger partial charge in [-0.3, -0.25) is 9.71 Å². The Kier molecular flexibility index (Phi) is 4.95. The van der Waals surface area contributed by atoms with Crippen LogP contribution in [0, 0.1) is 6.92 Å². The Morgan fingerprint density at radius 2 is 2.11 bits per heavy atom. The summed E-state index contributed by atoms with van der Waals surface area (Å²) < 4.78 is 3.68. The second-order valence-corrected chi connectivity index (χ2v) is 6.62. The molecule has 1 aliphatic carbocycles. The molecule has 0 aromatic carbocycles. The summed E-state index contributed by atoms with van der Waals surface area (Å²) in [5.41, 5.74) is 2.50. The Labute approximate surface area is 113 Å². The Balaban J connectivity index is 2.01. The first-order chi connectivity index (χ1) is 8.70. The van der Waals surface area contributed by atoms with E-state index in [-0.39, 0.29) is 10.7 Å².